The molecule has 0 saturated carbocycles. The van der Waals surface area contributed by atoms with E-state index in [1.807, 2.05) is 66.2 Å². The number of amides is 1. The first-order chi connectivity index (χ1) is 11.7. The molecule has 2 aromatic carbocycles. The van der Waals surface area contributed by atoms with Crippen molar-refractivity contribution >= 4 is 17.5 Å². The van der Waals surface area contributed by atoms with Gasteiger partial charge in [-0.25, -0.2) is 4.68 Å². The van der Waals surface area contributed by atoms with Crippen LogP contribution in [0.5, 0.6) is 0 Å². The van der Waals surface area contributed by atoms with E-state index in [0.717, 1.165) is 16.9 Å². The number of nitrogens with zero attached hydrogens (tertiary/aromatic N) is 2. The zero-order valence-corrected chi connectivity index (χ0v) is 14.1. The first-order valence-electron chi connectivity index (χ1n) is 7.84. The predicted octanol–water partition coefficient (Wildman–Crippen LogP) is 4.02. The van der Waals surface area contributed by atoms with Gasteiger partial charge in [0.05, 0.1) is 23.1 Å². The molecule has 0 atom stereocenters. The second-order valence-corrected chi connectivity index (χ2v) is 5.79. The molecule has 0 aliphatic carbocycles. The number of benzene rings is 2. The lowest BCUT2D eigenvalue weighted by Crippen LogP contribution is -2.24. The summed E-state index contributed by atoms with van der Waals surface area (Å²) in [6, 6.07) is 17.3. The van der Waals surface area contributed by atoms with E-state index in [-0.39, 0.29) is 5.91 Å². The Hall–Kier alpha value is -2.59. The largest absolute Gasteiger partial charge is 0.348 e. The number of hydrogen-bond acceptors (Lipinski definition) is 2. The Morgan fingerprint density at radius 1 is 1.12 bits per heavy atom. The van der Waals surface area contributed by atoms with Crippen LogP contribution in [0.15, 0.2) is 60.8 Å². The standard InChI is InChI=1S/C19H18ClN3O/c1-2-18-16(13-22-23(18)15-9-4-3-5-10-15)19(24)21-12-14-8-6-7-11-17(14)20/h3-11,13H,2,12H2,1H3,(H,21,24). The number of rotatable bonds is 5. The van der Waals surface area contributed by atoms with Gasteiger partial charge in [-0.2, -0.15) is 5.10 Å². The molecule has 1 N–H and O–H groups in total. The smallest absolute Gasteiger partial charge is 0.255 e. The summed E-state index contributed by atoms with van der Waals surface area (Å²) in [6.07, 6.45) is 2.33. The minimum Gasteiger partial charge on any atom is -0.348 e. The van der Waals surface area contributed by atoms with Crippen molar-refractivity contribution in [2.45, 2.75) is 19.9 Å². The first kappa shape index (κ1) is 16.3. The van der Waals surface area contributed by atoms with Gasteiger partial charge in [0.1, 0.15) is 0 Å². The summed E-state index contributed by atoms with van der Waals surface area (Å²) in [5.74, 6) is -0.144. The summed E-state index contributed by atoms with van der Waals surface area (Å²) in [6.45, 7) is 2.40. The van der Waals surface area contributed by atoms with E-state index < -0.39 is 0 Å². The highest BCUT2D eigenvalue weighted by atomic mass is 35.5. The van der Waals surface area contributed by atoms with Gasteiger partial charge in [-0.1, -0.05) is 54.9 Å². The number of carbonyl (C=O) groups is 1. The van der Waals surface area contributed by atoms with Crippen LogP contribution in [0.3, 0.4) is 0 Å². The molecule has 0 aliphatic heterocycles. The molecule has 0 bridgehead atoms. The van der Waals surface area contributed by atoms with Crippen LogP contribution in [0.4, 0.5) is 0 Å². The van der Waals surface area contributed by atoms with Gasteiger partial charge in [0.2, 0.25) is 0 Å². The third-order valence-electron chi connectivity index (χ3n) is 3.85. The molecule has 4 nitrogen and oxygen atoms in total. The zero-order valence-electron chi connectivity index (χ0n) is 13.4. The van der Waals surface area contributed by atoms with Crippen molar-refractivity contribution in [2.75, 3.05) is 0 Å². The minimum atomic E-state index is -0.144. The summed E-state index contributed by atoms with van der Waals surface area (Å²) in [5.41, 5.74) is 3.31. The minimum absolute atomic E-state index is 0.144. The average Bonchev–Trinajstić information content (AvgIpc) is 3.05. The van der Waals surface area contributed by atoms with E-state index in [4.69, 9.17) is 11.6 Å². The molecule has 0 fully saturated rings. The second kappa shape index (κ2) is 7.32. The molecule has 24 heavy (non-hydrogen) atoms. The normalized spacial score (nSPS) is 10.6. The maximum absolute atomic E-state index is 12.5. The topological polar surface area (TPSA) is 46.9 Å². The summed E-state index contributed by atoms with van der Waals surface area (Å²) >= 11 is 6.13. The molecule has 122 valence electrons. The number of carbonyl (C=O) groups excluding carboxylic acids is 1. The van der Waals surface area contributed by atoms with Crippen LogP contribution in [0.25, 0.3) is 5.69 Å². The number of para-hydroxylation sites is 1. The highest BCUT2D eigenvalue weighted by molar-refractivity contribution is 6.31. The first-order valence-corrected chi connectivity index (χ1v) is 8.22. The number of halogens is 1. The molecule has 0 saturated heterocycles. The summed E-state index contributed by atoms with van der Waals surface area (Å²) < 4.78 is 1.81. The molecule has 5 heteroatoms. The van der Waals surface area contributed by atoms with Crippen LogP contribution >= 0.6 is 11.6 Å². The van der Waals surface area contributed by atoms with Crippen molar-refractivity contribution < 1.29 is 4.79 Å². The van der Waals surface area contributed by atoms with Crippen LogP contribution in [-0.2, 0) is 13.0 Å². The van der Waals surface area contributed by atoms with E-state index >= 15 is 0 Å². The molecule has 0 spiro atoms. The van der Waals surface area contributed by atoms with Crippen molar-refractivity contribution in [1.29, 1.82) is 0 Å². The lowest BCUT2D eigenvalue weighted by Gasteiger charge is -2.09. The molecule has 0 radical (unpaired) electrons. The average molecular weight is 340 g/mol. The lowest BCUT2D eigenvalue weighted by atomic mass is 10.1. The fourth-order valence-corrected chi connectivity index (χ4v) is 2.81. The molecular weight excluding hydrogens is 322 g/mol. The number of aromatic nitrogens is 2. The van der Waals surface area contributed by atoms with Gasteiger partial charge in [-0.15, -0.1) is 0 Å². The molecule has 0 unspecified atom stereocenters. The van der Waals surface area contributed by atoms with Gasteiger partial charge < -0.3 is 5.32 Å². The molecule has 1 aromatic heterocycles. The van der Waals surface area contributed by atoms with Crippen LogP contribution in [0, 0.1) is 0 Å². The van der Waals surface area contributed by atoms with Crippen molar-refractivity contribution in [3.05, 3.63) is 82.6 Å². The summed E-state index contributed by atoms with van der Waals surface area (Å²) in [7, 11) is 0. The fourth-order valence-electron chi connectivity index (χ4n) is 2.61. The molecule has 0 aliphatic rings. The Bertz CT molecular complexity index is 843. The molecule has 3 rings (SSSR count). The van der Waals surface area contributed by atoms with Crippen molar-refractivity contribution in [1.82, 2.24) is 15.1 Å². The van der Waals surface area contributed by atoms with E-state index in [1.165, 1.54) is 0 Å². The van der Waals surface area contributed by atoms with Gasteiger partial charge >= 0.3 is 0 Å². The quantitative estimate of drug-likeness (QED) is 0.763. The van der Waals surface area contributed by atoms with Gasteiger partial charge in [0, 0.05) is 11.6 Å². The fraction of sp³-hybridized carbons (Fsp3) is 0.158. The van der Waals surface area contributed by atoms with Gasteiger partial charge in [-0.05, 0) is 30.2 Å². The third-order valence-corrected chi connectivity index (χ3v) is 4.22. The molecular formula is C19H18ClN3O. The second-order valence-electron chi connectivity index (χ2n) is 5.38. The van der Waals surface area contributed by atoms with Crippen molar-refractivity contribution in [2.24, 2.45) is 0 Å². The van der Waals surface area contributed by atoms with Gasteiger partial charge in [0.15, 0.2) is 0 Å². The maximum Gasteiger partial charge on any atom is 0.255 e. The third kappa shape index (κ3) is 3.34. The Kier molecular flexibility index (Phi) is 4.96. The summed E-state index contributed by atoms with van der Waals surface area (Å²) in [4.78, 5) is 12.5. The van der Waals surface area contributed by atoms with E-state index in [9.17, 15) is 4.79 Å². The number of hydrogen-bond donors (Lipinski definition) is 1. The highest BCUT2D eigenvalue weighted by Crippen LogP contribution is 2.17. The Morgan fingerprint density at radius 3 is 2.54 bits per heavy atom. The predicted molar refractivity (Wildman–Crippen MR) is 95.6 cm³/mol. The monoisotopic (exact) mass is 339 g/mol. The maximum atomic E-state index is 12.5. The molecule has 3 aromatic rings. The van der Waals surface area contributed by atoms with E-state index in [2.05, 4.69) is 10.4 Å². The van der Waals surface area contributed by atoms with Crippen LogP contribution in [0.1, 0.15) is 28.5 Å². The zero-order chi connectivity index (χ0) is 16.9. The Labute approximate surface area is 146 Å². The van der Waals surface area contributed by atoms with Gasteiger partial charge in [-0.3, -0.25) is 4.79 Å². The van der Waals surface area contributed by atoms with Gasteiger partial charge in [0.25, 0.3) is 5.91 Å². The van der Waals surface area contributed by atoms with E-state index in [0.29, 0.717) is 23.6 Å². The van der Waals surface area contributed by atoms with Crippen molar-refractivity contribution in [3.63, 3.8) is 0 Å². The van der Waals surface area contributed by atoms with Crippen LogP contribution in [0.2, 0.25) is 5.02 Å². The Balaban J connectivity index is 1.81. The SMILES string of the molecule is CCc1c(C(=O)NCc2ccccc2Cl)cnn1-c1ccccc1. The highest BCUT2D eigenvalue weighted by Gasteiger charge is 2.17. The lowest BCUT2D eigenvalue weighted by molar-refractivity contribution is 0.0950. The molecule has 1 heterocycles. The summed E-state index contributed by atoms with van der Waals surface area (Å²) in [5, 5.41) is 7.95. The van der Waals surface area contributed by atoms with E-state index in [1.54, 1.807) is 6.20 Å². The molecule has 1 amide bonds. The van der Waals surface area contributed by atoms with Crippen LogP contribution in [-0.4, -0.2) is 15.7 Å². The number of nitrogens with one attached hydrogen (secondary N) is 1. The van der Waals surface area contributed by atoms with Crippen molar-refractivity contribution in [3.8, 4) is 5.69 Å². The Morgan fingerprint density at radius 2 is 1.83 bits per heavy atom. The van der Waals surface area contributed by atoms with Crippen LogP contribution < -0.4 is 5.32 Å².